The second-order valence-electron chi connectivity index (χ2n) is 5.76. The van der Waals surface area contributed by atoms with Crippen LogP contribution in [0.1, 0.15) is 6.42 Å². The summed E-state index contributed by atoms with van der Waals surface area (Å²) in [4.78, 5) is 16.3. The lowest BCUT2D eigenvalue weighted by atomic mass is 10.2. The van der Waals surface area contributed by atoms with Gasteiger partial charge >= 0.3 is 0 Å². The standard InChI is InChI=1S/C19H21FN2O2/c20-16-6-8-17(9-7-16)21-11-13-22(14-12-21)19(23)10-15-24-18-4-2-1-3-5-18/h1-9H,10-15H2. The van der Waals surface area contributed by atoms with Crippen molar-refractivity contribution < 1.29 is 13.9 Å². The highest BCUT2D eigenvalue weighted by atomic mass is 19.1. The lowest BCUT2D eigenvalue weighted by Crippen LogP contribution is -2.49. The Balaban J connectivity index is 1.42. The molecule has 1 aliphatic rings. The van der Waals surface area contributed by atoms with Crippen molar-refractivity contribution >= 4 is 11.6 Å². The minimum atomic E-state index is -0.231. The smallest absolute Gasteiger partial charge is 0.226 e. The van der Waals surface area contributed by atoms with Gasteiger partial charge in [-0.05, 0) is 36.4 Å². The van der Waals surface area contributed by atoms with Gasteiger partial charge < -0.3 is 14.5 Å². The van der Waals surface area contributed by atoms with Crippen LogP contribution in [0.2, 0.25) is 0 Å². The van der Waals surface area contributed by atoms with Gasteiger partial charge in [0, 0.05) is 31.9 Å². The van der Waals surface area contributed by atoms with Crippen molar-refractivity contribution in [1.82, 2.24) is 4.90 Å². The maximum atomic E-state index is 13.0. The molecule has 0 N–H and O–H groups in total. The zero-order valence-electron chi connectivity index (χ0n) is 13.5. The van der Waals surface area contributed by atoms with Crippen LogP contribution in [0.15, 0.2) is 54.6 Å². The zero-order valence-corrected chi connectivity index (χ0v) is 13.5. The van der Waals surface area contributed by atoms with Gasteiger partial charge in [0.15, 0.2) is 0 Å². The van der Waals surface area contributed by atoms with Gasteiger partial charge in [-0.1, -0.05) is 18.2 Å². The molecule has 0 aromatic heterocycles. The monoisotopic (exact) mass is 328 g/mol. The van der Waals surface area contributed by atoms with Crippen LogP contribution in [-0.4, -0.2) is 43.6 Å². The first-order valence-corrected chi connectivity index (χ1v) is 8.18. The number of amides is 1. The molecule has 1 aliphatic heterocycles. The maximum Gasteiger partial charge on any atom is 0.226 e. The highest BCUT2D eigenvalue weighted by Gasteiger charge is 2.21. The number of hydrogen-bond acceptors (Lipinski definition) is 3. The van der Waals surface area contributed by atoms with Crippen LogP contribution in [0, 0.1) is 5.82 Å². The van der Waals surface area contributed by atoms with Crippen LogP contribution < -0.4 is 9.64 Å². The number of carbonyl (C=O) groups excluding carboxylic acids is 1. The molecule has 0 bridgehead atoms. The van der Waals surface area contributed by atoms with E-state index >= 15 is 0 Å². The number of anilines is 1. The number of piperazine rings is 1. The topological polar surface area (TPSA) is 32.8 Å². The molecule has 1 fully saturated rings. The predicted octanol–water partition coefficient (Wildman–Crippen LogP) is 2.94. The van der Waals surface area contributed by atoms with E-state index < -0.39 is 0 Å². The van der Waals surface area contributed by atoms with Crippen molar-refractivity contribution in [3.63, 3.8) is 0 Å². The SMILES string of the molecule is O=C(CCOc1ccccc1)N1CCN(c2ccc(F)cc2)CC1. The molecule has 0 unspecified atom stereocenters. The quantitative estimate of drug-likeness (QED) is 0.846. The minimum absolute atomic E-state index is 0.115. The maximum absolute atomic E-state index is 13.0. The Bertz CT molecular complexity index is 653. The summed E-state index contributed by atoms with van der Waals surface area (Å²) in [5, 5.41) is 0. The summed E-state index contributed by atoms with van der Waals surface area (Å²) < 4.78 is 18.6. The van der Waals surface area contributed by atoms with Gasteiger partial charge in [-0.3, -0.25) is 4.79 Å². The molecule has 2 aromatic rings. The van der Waals surface area contributed by atoms with Crippen LogP contribution in [0.5, 0.6) is 5.75 Å². The van der Waals surface area contributed by atoms with Gasteiger partial charge in [0.25, 0.3) is 0 Å². The average Bonchev–Trinajstić information content (AvgIpc) is 2.63. The molecular weight excluding hydrogens is 307 g/mol. The highest BCUT2D eigenvalue weighted by molar-refractivity contribution is 5.76. The van der Waals surface area contributed by atoms with Gasteiger partial charge in [0.2, 0.25) is 5.91 Å². The first-order valence-electron chi connectivity index (χ1n) is 8.18. The highest BCUT2D eigenvalue weighted by Crippen LogP contribution is 2.17. The van der Waals surface area contributed by atoms with Gasteiger partial charge in [0.05, 0.1) is 13.0 Å². The van der Waals surface area contributed by atoms with Crippen molar-refractivity contribution in [2.24, 2.45) is 0 Å². The van der Waals surface area contributed by atoms with E-state index in [0.29, 0.717) is 26.1 Å². The Morgan fingerprint density at radius 3 is 2.29 bits per heavy atom. The van der Waals surface area contributed by atoms with Crippen LogP contribution in [0.3, 0.4) is 0 Å². The normalized spacial score (nSPS) is 14.5. The Labute approximate surface area is 141 Å². The third kappa shape index (κ3) is 4.25. The molecule has 5 heteroatoms. The number of rotatable bonds is 5. The minimum Gasteiger partial charge on any atom is -0.493 e. The molecule has 1 saturated heterocycles. The van der Waals surface area contributed by atoms with E-state index in [2.05, 4.69) is 4.90 Å². The molecule has 1 heterocycles. The summed E-state index contributed by atoms with van der Waals surface area (Å²) in [5.41, 5.74) is 0.996. The van der Waals surface area contributed by atoms with Crippen molar-refractivity contribution in [1.29, 1.82) is 0 Å². The third-order valence-electron chi connectivity index (χ3n) is 4.15. The van der Waals surface area contributed by atoms with E-state index in [-0.39, 0.29) is 11.7 Å². The summed E-state index contributed by atoms with van der Waals surface area (Å²) in [6.07, 6.45) is 0.380. The lowest BCUT2D eigenvalue weighted by molar-refractivity contribution is -0.132. The first kappa shape index (κ1) is 16.3. The number of benzene rings is 2. The molecule has 1 amide bonds. The lowest BCUT2D eigenvalue weighted by Gasteiger charge is -2.36. The van der Waals surface area contributed by atoms with E-state index in [4.69, 9.17) is 4.74 Å². The molecule has 0 saturated carbocycles. The van der Waals surface area contributed by atoms with Gasteiger partial charge in [-0.2, -0.15) is 0 Å². The van der Waals surface area contributed by atoms with E-state index in [9.17, 15) is 9.18 Å². The fourth-order valence-corrected chi connectivity index (χ4v) is 2.80. The molecule has 0 aliphatic carbocycles. The third-order valence-corrected chi connectivity index (χ3v) is 4.15. The van der Waals surface area contributed by atoms with Crippen molar-refractivity contribution in [2.45, 2.75) is 6.42 Å². The molecule has 24 heavy (non-hydrogen) atoms. The number of halogens is 1. The Hall–Kier alpha value is -2.56. The zero-order chi connectivity index (χ0) is 16.8. The van der Waals surface area contributed by atoms with Gasteiger partial charge in [-0.15, -0.1) is 0 Å². The summed E-state index contributed by atoms with van der Waals surface area (Å²) >= 11 is 0. The van der Waals surface area contributed by atoms with Gasteiger partial charge in [0.1, 0.15) is 11.6 Å². The number of nitrogens with zero attached hydrogens (tertiary/aromatic N) is 2. The number of ether oxygens (including phenoxy) is 1. The van der Waals surface area contributed by atoms with Crippen molar-refractivity contribution in [3.05, 3.63) is 60.4 Å². The summed E-state index contributed by atoms with van der Waals surface area (Å²) in [6.45, 7) is 3.28. The Kier molecular flexibility index (Phi) is 5.31. The van der Waals surface area contributed by atoms with E-state index in [0.717, 1.165) is 24.5 Å². The molecule has 2 aromatic carbocycles. The van der Waals surface area contributed by atoms with E-state index in [1.165, 1.54) is 12.1 Å². The number of para-hydroxylation sites is 1. The van der Waals surface area contributed by atoms with Crippen LogP contribution >= 0.6 is 0 Å². The summed E-state index contributed by atoms with van der Waals surface area (Å²) in [6, 6.07) is 16.0. The summed E-state index contributed by atoms with van der Waals surface area (Å²) in [5.74, 6) is 0.669. The first-order chi connectivity index (χ1) is 11.7. The van der Waals surface area contributed by atoms with Gasteiger partial charge in [-0.25, -0.2) is 4.39 Å². The van der Waals surface area contributed by atoms with Crippen LogP contribution in [-0.2, 0) is 4.79 Å². The molecule has 4 nitrogen and oxygen atoms in total. The predicted molar refractivity (Wildman–Crippen MR) is 91.7 cm³/mol. The number of hydrogen-bond donors (Lipinski definition) is 0. The molecule has 3 rings (SSSR count). The number of carbonyl (C=O) groups is 1. The Morgan fingerprint density at radius 1 is 0.958 bits per heavy atom. The average molecular weight is 328 g/mol. The largest absolute Gasteiger partial charge is 0.493 e. The summed E-state index contributed by atoms with van der Waals surface area (Å²) in [7, 11) is 0. The van der Waals surface area contributed by atoms with E-state index in [1.807, 2.05) is 35.2 Å². The molecule has 0 radical (unpaired) electrons. The van der Waals surface area contributed by atoms with Crippen molar-refractivity contribution in [3.8, 4) is 5.75 Å². The van der Waals surface area contributed by atoms with Crippen LogP contribution in [0.4, 0.5) is 10.1 Å². The molecule has 0 spiro atoms. The Morgan fingerprint density at radius 2 is 1.62 bits per heavy atom. The fraction of sp³-hybridized carbons (Fsp3) is 0.316. The molecule has 0 atom stereocenters. The van der Waals surface area contributed by atoms with E-state index in [1.54, 1.807) is 12.1 Å². The van der Waals surface area contributed by atoms with Crippen molar-refractivity contribution in [2.75, 3.05) is 37.7 Å². The molecular formula is C19H21FN2O2. The second-order valence-corrected chi connectivity index (χ2v) is 5.76. The van der Waals surface area contributed by atoms with Crippen LogP contribution in [0.25, 0.3) is 0 Å². The second kappa shape index (κ2) is 7.81. The fourth-order valence-electron chi connectivity index (χ4n) is 2.80. The molecule has 126 valence electrons.